The van der Waals surface area contributed by atoms with Gasteiger partial charge in [-0.15, -0.1) is 11.6 Å². The fourth-order valence-electron chi connectivity index (χ4n) is 3.07. The highest BCUT2D eigenvalue weighted by Crippen LogP contribution is 2.43. The second-order valence-corrected chi connectivity index (χ2v) is 6.61. The quantitative estimate of drug-likeness (QED) is 0.551. The molecule has 116 valence electrons. The molecule has 0 fully saturated rings. The number of amides is 1. The van der Waals surface area contributed by atoms with Crippen molar-refractivity contribution in [1.82, 2.24) is 4.90 Å². The average Bonchev–Trinajstić information content (AvgIpc) is 2.38. The minimum atomic E-state index is -0.0226. The van der Waals surface area contributed by atoms with E-state index in [1.54, 1.807) is 0 Å². The molecule has 0 saturated carbocycles. The van der Waals surface area contributed by atoms with Gasteiger partial charge in [-0.2, -0.15) is 0 Å². The molecule has 0 aliphatic heterocycles. The van der Waals surface area contributed by atoms with Crippen molar-refractivity contribution >= 4 is 17.5 Å². The summed E-state index contributed by atoms with van der Waals surface area (Å²) in [6, 6.07) is 0. The summed E-state index contributed by atoms with van der Waals surface area (Å²) in [6.45, 7) is 12.7. The van der Waals surface area contributed by atoms with Gasteiger partial charge in [-0.3, -0.25) is 4.79 Å². The second-order valence-electron chi connectivity index (χ2n) is 6.34. The Hall–Kier alpha value is -0.540. The zero-order valence-electron chi connectivity index (χ0n) is 13.5. The molecule has 1 atom stereocenters. The predicted octanol–water partition coefficient (Wildman–Crippen LogP) is 3.82. The first-order valence-electron chi connectivity index (χ1n) is 7.47. The Morgan fingerprint density at radius 2 is 2.15 bits per heavy atom. The van der Waals surface area contributed by atoms with Gasteiger partial charge in [0, 0.05) is 18.8 Å². The molecular weight excluding hydrogens is 274 g/mol. The Balaban J connectivity index is 3.01. The third-order valence-electron chi connectivity index (χ3n) is 4.25. The van der Waals surface area contributed by atoms with Crippen molar-refractivity contribution < 1.29 is 9.53 Å². The Labute approximate surface area is 128 Å². The number of ether oxygens (including phenoxy) is 1. The standard InChI is InChI=1S/C16H28ClNO2/c1-6-20-8-7-18(15(19)11-17)14-9-12(2)10-16(4,5)13(14)3/h12H,6-11H2,1-5H3. The summed E-state index contributed by atoms with van der Waals surface area (Å²) < 4.78 is 5.40. The fourth-order valence-corrected chi connectivity index (χ4v) is 3.21. The number of carbonyl (C=O) groups excluding carboxylic acids is 1. The number of hydrogen-bond acceptors (Lipinski definition) is 2. The van der Waals surface area contributed by atoms with E-state index in [-0.39, 0.29) is 17.2 Å². The summed E-state index contributed by atoms with van der Waals surface area (Å²) in [5.74, 6) is 0.588. The molecule has 0 aromatic rings. The molecular formula is C16H28ClNO2. The molecule has 1 rings (SSSR count). The summed E-state index contributed by atoms with van der Waals surface area (Å²) in [6.07, 6.45) is 2.11. The van der Waals surface area contributed by atoms with Gasteiger partial charge in [-0.25, -0.2) is 0 Å². The van der Waals surface area contributed by atoms with Crippen LogP contribution in [0.2, 0.25) is 0 Å². The molecule has 0 aromatic heterocycles. The molecule has 4 heteroatoms. The van der Waals surface area contributed by atoms with E-state index < -0.39 is 0 Å². The number of nitrogens with zero attached hydrogens (tertiary/aromatic N) is 1. The predicted molar refractivity (Wildman–Crippen MR) is 83.8 cm³/mol. The van der Waals surface area contributed by atoms with Crippen LogP contribution in [0.25, 0.3) is 0 Å². The van der Waals surface area contributed by atoms with Gasteiger partial charge in [-0.1, -0.05) is 20.8 Å². The van der Waals surface area contributed by atoms with E-state index in [2.05, 4.69) is 27.7 Å². The van der Waals surface area contributed by atoms with Crippen molar-refractivity contribution in [3.63, 3.8) is 0 Å². The molecule has 1 unspecified atom stereocenters. The number of allylic oxidation sites excluding steroid dienone is 2. The van der Waals surface area contributed by atoms with Gasteiger partial charge in [-0.05, 0) is 43.6 Å². The number of carbonyl (C=O) groups is 1. The molecule has 1 aliphatic rings. The summed E-state index contributed by atoms with van der Waals surface area (Å²) in [5, 5.41) is 0. The lowest BCUT2D eigenvalue weighted by Crippen LogP contribution is -2.39. The highest BCUT2D eigenvalue weighted by molar-refractivity contribution is 6.27. The van der Waals surface area contributed by atoms with Crippen molar-refractivity contribution in [3.8, 4) is 0 Å². The lowest BCUT2D eigenvalue weighted by Gasteiger charge is -2.40. The minimum Gasteiger partial charge on any atom is -0.380 e. The number of halogens is 1. The van der Waals surface area contributed by atoms with E-state index >= 15 is 0 Å². The maximum Gasteiger partial charge on any atom is 0.241 e. The Kier molecular flexibility index (Phi) is 6.53. The van der Waals surface area contributed by atoms with E-state index in [0.29, 0.717) is 25.7 Å². The van der Waals surface area contributed by atoms with E-state index in [1.165, 1.54) is 5.57 Å². The second kappa shape index (κ2) is 7.46. The van der Waals surface area contributed by atoms with Crippen molar-refractivity contribution in [2.45, 2.75) is 47.5 Å². The van der Waals surface area contributed by atoms with Crippen molar-refractivity contribution in [1.29, 1.82) is 0 Å². The van der Waals surface area contributed by atoms with E-state index in [1.807, 2.05) is 11.8 Å². The Morgan fingerprint density at radius 3 is 2.70 bits per heavy atom. The molecule has 0 heterocycles. The molecule has 1 amide bonds. The molecule has 20 heavy (non-hydrogen) atoms. The largest absolute Gasteiger partial charge is 0.380 e. The van der Waals surface area contributed by atoms with E-state index in [4.69, 9.17) is 16.3 Å². The number of alkyl halides is 1. The highest BCUT2D eigenvalue weighted by atomic mass is 35.5. The third-order valence-corrected chi connectivity index (χ3v) is 4.48. The average molecular weight is 302 g/mol. The van der Waals surface area contributed by atoms with Crippen molar-refractivity contribution in [2.75, 3.05) is 25.6 Å². The van der Waals surface area contributed by atoms with Gasteiger partial charge in [0.25, 0.3) is 0 Å². The van der Waals surface area contributed by atoms with Gasteiger partial charge >= 0.3 is 0 Å². The SMILES string of the molecule is CCOCCN(C(=O)CCl)C1=C(C)C(C)(C)CC(C)C1. The molecule has 0 saturated heterocycles. The normalized spacial score (nSPS) is 22.0. The van der Waals surface area contributed by atoms with E-state index in [9.17, 15) is 4.79 Å². The topological polar surface area (TPSA) is 29.5 Å². The van der Waals surface area contributed by atoms with Gasteiger partial charge in [0.05, 0.1) is 6.61 Å². The van der Waals surface area contributed by atoms with Crippen LogP contribution >= 0.6 is 11.6 Å². The first-order chi connectivity index (χ1) is 9.33. The van der Waals surface area contributed by atoms with Crippen LogP contribution in [0.5, 0.6) is 0 Å². The van der Waals surface area contributed by atoms with Crippen LogP contribution in [0.4, 0.5) is 0 Å². The van der Waals surface area contributed by atoms with Crippen molar-refractivity contribution in [3.05, 3.63) is 11.3 Å². The first-order valence-corrected chi connectivity index (χ1v) is 8.01. The first kappa shape index (κ1) is 17.5. The highest BCUT2D eigenvalue weighted by Gasteiger charge is 2.34. The van der Waals surface area contributed by atoms with E-state index in [0.717, 1.165) is 18.5 Å². The molecule has 0 radical (unpaired) electrons. The van der Waals surface area contributed by atoms with Crippen molar-refractivity contribution in [2.24, 2.45) is 11.3 Å². The van der Waals surface area contributed by atoms with Gasteiger partial charge in [0.15, 0.2) is 0 Å². The summed E-state index contributed by atoms with van der Waals surface area (Å²) in [4.78, 5) is 14.0. The monoisotopic (exact) mass is 301 g/mol. The zero-order valence-corrected chi connectivity index (χ0v) is 14.2. The zero-order chi connectivity index (χ0) is 15.3. The Bertz CT molecular complexity index is 377. The number of hydrogen-bond donors (Lipinski definition) is 0. The maximum atomic E-state index is 12.2. The molecule has 0 bridgehead atoms. The van der Waals surface area contributed by atoms with Crippen LogP contribution in [0.3, 0.4) is 0 Å². The van der Waals surface area contributed by atoms with Gasteiger partial charge < -0.3 is 9.64 Å². The van der Waals surface area contributed by atoms with Gasteiger partial charge in [0.1, 0.15) is 5.88 Å². The van der Waals surface area contributed by atoms with Gasteiger partial charge in [0.2, 0.25) is 5.91 Å². The molecule has 0 N–H and O–H groups in total. The summed E-state index contributed by atoms with van der Waals surface area (Å²) >= 11 is 5.78. The Morgan fingerprint density at radius 1 is 1.50 bits per heavy atom. The molecule has 0 aromatic carbocycles. The lowest BCUT2D eigenvalue weighted by atomic mass is 9.71. The summed E-state index contributed by atoms with van der Waals surface area (Å²) in [5.41, 5.74) is 2.60. The molecule has 0 spiro atoms. The molecule has 1 aliphatic carbocycles. The van der Waals surface area contributed by atoms with Crippen LogP contribution in [0.1, 0.15) is 47.5 Å². The minimum absolute atomic E-state index is 0.0226. The van der Waals surface area contributed by atoms with Crippen LogP contribution < -0.4 is 0 Å². The maximum absolute atomic E-state index is 12.2. The third kappa shape index (κ3) is 4.23. The number of rotatable bonds is 6. The fraction of sp³-hybridized carbons (Fsp3) is 0.812. The van der Waals surface area contributed by atoms with Crippen LogP contribution in [0.15, 0.2) is 11.3 Å². The lowest BCUT2D eigenvalue weighted by molar-refractivity contribution is -0.127. The summed E-state index contributed by atoms with van der Waals surface area (Å²) in [7, 11) is 0. The van der Waals surface area contributed by atoms with Crippen LogP contribution in [0, 0.1) is 11.3 Å². The molecule has 3 nitrogen and oxygen atoms in total. The van der Waals surface area contributed by atoms with Crippen LogP contribution in [-0.2, 0) is 9.53 Å². The smallest absolute Gasteiger partial charge is 0.241 e. The van der Waals surface area contributed by atoms with Crippen LogP contribution in [-0.4, -0.2) is 36.4 Å².